The van der Waals surface area contributed by atoms with E-state index in [1.165, 1.54) is 4.90 Å². The van der Waals surface area contributed by atoms with Crippen molar-refractivity contribution in [3.05, 3.63) is 34.9 Å². The number of aryl methyl sites for hydroxylation is 1. The van der Waals surface area contributed by atoms with E-state index in [0.29, 0.717) is 11.1 Å². The molecule has 1 aromatic rings. The second-order valence-corrected chi connectivity index (χ2v) is 3.96. The summed E-state index contributed by atoms with van der Waals surface area (Å²) >= 11 is 0. The summed E-state index contributed by atoms with van der Waals surface area (Å²) in [6.45, 7) is 1.87. The first-order valence-electron chi connectivity index (χ1n) is 5.67. The van der Waals surface area contributed by atoms with Crippen molar-refractivity contribution in [3.8, 4) is 11.8 Å². The number of carbonyl (C=O) groups is 1. The first kappa shape index (κ1) is 14.2. The Labute approximate surface area is 107 Å². The summed E-state index contributed by atoms with van der Waals surface area (Å²) < 4.78 is 0. The van der Waals surface area contributed by atoms with E-state index in [2.05, 4.69) is 11.8 Å². The summed E-state index contributed by atoms with van der Waals surface area (Å²) in [5, 5.41) is 17.6. The van der Waals surface area contributed by atoms with E-state index in [-0.39, 0.29) is 25.7 Å². The van der Waals surface area contributed by atoms with Gasteiger partial charge in [-0.25, -0.2) is 0 Å². The molecule has 0 bridgehead atoms. The van der Waals surface area contributed by atoms with E-state index in [1.807, 2.05) is 19.1 Å². The van der Waals surface area contributed by atoms with Crippen LogP contribution in [0.3, 0.4) is 0 Å². The molecule has 0 aromatic heterocycles. The van der Waals surface area contributed by atoms with Gasteiger partial charge in [0.15, 0.2) is 0 Å². The third kappa shape index (κ3) is 3.59. The number of amides is 1. The minimum absolute atomic E-state index is 0.0776. The molecule has 0 aliphatic heterocycles. The molecule has 1 aromatic carbocycles. The van der Waals surface area contributed by atoms with Crippen molar-refractivity contribution < 1.29 is 15.0 Å². The minimum atomic E-state index is -0.242. The Morgan fingerprint density at radius 1 is 1.39 bits per heavy atom. The van der Waals surface area contributed by atoms with Crippen LogP contribution < -0.4 is 0 Å². The summed E-state index contributed by atoms with van der Waals surface area (Å²) in [7, 11) is 1.63. The average Bonchev–Trinajstić information content (AvgIpc) is 2.36. The molecule has 0 aliphatic rings. The van der Waals surface area contributed by atoms with Crippen LogP contribution in [-0.4, -0.2) is 47.8 Å². The van der Waals surface area contributed by atoms with E-state index in [9.17, 15) is 4.79 Å². The highest BCUT2D eigenvalue weighted by Gasteiger charge is 2.14. The molecule has 4 nitrogen and oxygen atoms in total. The summed E-state index contributed by atoms with van der Waals surface area (Å²) in [6.07, 6.45) is 0. The molecule has 1 rings (SSSR count). The number of rotatable bonds is 3. The fourth-order valence-electron chi connectivity index (χ4n) is 1.54. The lowest BCUT2D eigenvalue weighted by molar-refractivity contribution is 0.0766. The fraction of sp³-hybridized carbons (Fsp3) is 0.357. The molecule has 96 valence electrons. The second-order valence-electron chi connectivity index (χ2n) is 3.96. The molecule has 0 unspecified atom stereocenters. The number of aliphatic hydroxyl groups is 2. The molecule has 0 fully saturated rings. The summed E-state index contributed by atoms with van der Waals surface area (Å²) in [5.74, 6) is 5.13. The number of aliphatic hydroxyl groups excluding tert-OH is 2. The van der Waals surface area contributed by atoms with Crippen LogP contribution in [0, 0.1) is 18.8 Å². The van der Waals surface area contributed by atoms with Gasteiger partial charge < -0.3 is 15.1 Å². The summed E-state index contributed by atoms with van der Waals surface area (Å²) in [4.78, 5) is 13.6. The highest BCUT2D eigenvalue weighted by atomic mass is 16.3. The predicted molar refractivity (Wildman–Crippen MR) is 69.2 cm³/mol. The van der Waals surface area contributed by atoms with Gasteiger partial charge >= 0.3 is 0 Å². The van der Waals surface area contributed by atoms with Gasteiger partial charge in [-0.15, -0.1) is 0 Å². The van der Waals surface area contributed by atoms with Gasteiger partial charge in [-0.05, 0) is 24.6 Å². The van der Waals surface area contributed by atoms with Crippen LogP contribution in [0.25, 0.3) is 0 Å². The molecule has 0 saturated carbocycles. The molecule has 0 spiro atoms. The predicted octanol–water partition coefficient (Wildman–Crippen LogP) is 0.403. The molecule has 4 heteroatoms. The Hall–Kier alpha value is -1.83. The van der Waals surface area contributed by atoms with Gasteiger partial charge in [-0.1, -0.05) is 17.9 Å². The van der Waals surface area contributed by atoms with Crippen molar-refractivity contribution >= 4 is 5.91 Å². The number of carbonyl (C=O) groups excluding carboxylic acids is 1. The molecule has 0 heterocycles. The Morgan fingerprint density at radius 3 is 2.72 bits per heavy atom. The fourth-order valence-corrected chi connectivity index (χ4v) is 1.54. The number of hydrogen-bond acceptors (Lipinski definition) is 3. The first-order valence-corrected chi connectivity index (χ1v) is 5.67. The summed E-state index contributed by atoms with van der Waals surface area (Å²) in [6, 6.07) is 5.36. The molecule has 0 radical (unpaired) electrons. The highest BCUT2D eigenvalue weighted by molar-refractivity contribution is 5.96. The molecular formula is C14H17NO3. The second kappa shape index (κ2) is 6.80. The van der Waals surface area contributed by atoms with Crippen LogP contribution in [0.5, 0.6) is 0 Å². The van der Waals surface area contributed by atoms with Gasteiger partial charge in [0.05, 0.1) is 12.2 Å². The van der Waals surface area contributed by atoms with E-state index < -0.39 is 0 Å². The lowest BCUT2D eigenvalue weighted by Gasteiger charge is -2.16. The Bertz CT molecular complexity index is 486. The van der Waals surface area contributed by atoms with Gasteiger partial charge in [-0.2, -0.15) is 0 Å². The average molecular weight is 247 g/mol. The monoisotopic (exact) mass is 247 g/mol. The molecule has 1 amide bonds. The van der Waals surface area contributed by atoms with Crippen LogP contribution in [-0.2, 0) is 0 Å². The quantitative estimate of drug-likeness (QED) is 0.760. The SMILES string of the molecule is Cc1ccc(C(=O)N(C)CCO)c(C#CCO)c1. The van der Waals surface area contributed by atoms with E-state index in [4.69, 9.17) is 10.2 Å². The van der Waals surface area contributed by atoms with E-state index in [1.54, 1.807) is 13.1 Å². The largest absolute Gasteiger partial charge is 0.395 e. The van der Waals surface area contributed by atoms with Crippen LogP contribution in [0.2, 0.25) is 0 Å². The Balaban J connectivity index is 3.11. The maximum absolute atomic E-state index is 12.1. The lowest BCUT2D eigenvalue weighted by Crippen LogP contribution is -2.30. The number of benzene rings is 1. The Kier molecular flexibility index (Phi) is 5.37. The maximum atomic E-state index is 12.1. The molecule has 18 heavy (non-hydrogen) atoms. The van der Waals surface area contributed by atoms with Crippen LogP contribution >= 0.6 is 0 Å². The van der Waals surface area contributed by atoms with E-state index in [0.717, 1.165) is 5.56 Å². The van der Waals surface area contributed by atoms with Crippen molar-refractivity contribution in [3.63, 3.8) is 0 Å². The van der Waals surface area contributed by atoms with Crippen molar-refractivity contribution in [2.75, 3.05) is 26.8 Å². The first-order chi connectivity index (χ1) is 8.60. The normalized spacial score (nSPS) is 9.56. The smallest absolute Gasteiger partial charge is 0.254 e. The van der Waals surface area contributed by atoms with Gasteiger partial charge in [0.2, 0.25) is 0 Å². The molecule has 0 atom stereocenters. The van der Waals surface area contributed by atoms with Crippen molar-refractivity contribution in [2.45, 2.75) is 6.92 Å². The molecule has 0 saturated heterocycles. The van der Waals surface area contributed by atoms with Crippen molar-refractivity contribution in [1.29, 1.82) is 0 Å². The van der Waals surface area contributed by atoms with Gasteiger partial charge in [0.1, 0.15) is 6.61 Å². The highest BCUT2D eigenvalue weighted by Crippen LogP contribution is 2.13. The van der Waals surface area contributed by atoms with Gasteiger partial charge in [0, 0.05) is 19.2 Å². The van der Waals surface area contributed by atoms with Crippen LogP contribution in [0.1, 0.15) is 21.5 Å². The molecule has 0 aliphatic carbocycles. The third-order valence-corrected chi connectivity index (χ3v) is 2.49. The van der Waals surface area contributed by atoms with Crippen molar-refractivity contribution in [1.82, 2.24) is 4.90 Å². The zero-order valence-electron chi connectivity index (χ0n) is 10.6. The van der Waals surface area contributed by atoms with Crippen LogP contribution in [0.15, 0.2) is 18.2 Å². The van der Waals surface area contributed by atoms with Crippen LogP contribution in [0.4, 0.5) is 0 Å². The van der Waals surface area contributed by atoms with E-state index >= 15 is 0 Å². The zero-order chi connectivity index (χ0) is 13.5. The lowest BCUT2D eigenvalue weighted by atomic mass is 10.0. The van der Waals surface area contributed by atoms with Gasteiger partial charge in [-0.3, -0.25) is 4.79 Å². The number of hydrogen-bond donors (Lipinski definition) is 2. The van der Waals surface area contributed by atoms with Crippen molar-refractivity contribution in [2.24, 2.45) is 0 Å². The topological polar surface area (TPSA) is 60.8 Å². The molecular weight excluding hydrogens is 230 g/mol. The number of likely N-dealkylation sites (N-methyl/N-ethyl adjacent to an activating group) is 1. The maximum Gasteiger partial charge on any atom is 0.254 e. The summed E-state index contributed by atoms with van der Waals surface area (Å²) in [5.41, 5.74) is 2.08. The Morgan fingerprint density at radius 2 is 2.11 bits per heavy atom. The zero-order valence-corrected chi connectivity index (χ0v) is 10.6. The standard InChI is InChI=1S/C14H17NO3/c1-11-5-6-13(12(10-11)4-3-8-16)14(18)15(2)7-9-17/h5-6,10,16-17H,7-9H2,1-2H3. The number of nitrogens with zero attached hydrogens (tertiary/aromatic N) is 1. The van der Waals surface area contributed by atoms with Gasteiger partial charge in [0.25, 0.3) is 5.91 Å². The minimum Gasteiger partial charge on any atom is -0.395 e. The third-order valence-electron chi connectivity index (χ3n) is 2.49. The molecule has 2 N–H and O–H groups in total.